The van der Waals surface area contributed by atoms with Gasteiger partial charge in [0.1, 0.15) is 0 Å². The number of rotatable bonds is 4. The molecule has 0 saturated heterocycles. The molecule has 3 heteroatoms. The largest absolute Gasteiger partial charge is 0.481 e. The maximum atomic E-state index is 11.4. The number of carbonyl (C=O) groups is 1. The Hall–Kier alpha value is -0.570. The second-order valence-corrected chi connectivity index (χ2v) is 6.87. The summed E-state index contributed by atoms with van der Waals surface area (Å²) in [6.07, 6.45) is 3.99. The molecule has 18 heavy (non-hydrogen) atoms. The van der Waals surface area contributed by atoms with Crippen LogP contribution in [0.2, 0.25) is 0 Å². The molecule has 0 aromatic heterocycles. The first-order chi connectivity index (χ1) is 8.27. The van der Waals surface area contributed by atoms with E-state index in [-0.39, 0.29) is 17.4 Å². The summed E-state index contributed by atoms with van der Waals surface area (Å²) in [6, 6.07) is 0.209. The van der Waals surface area contributed by atoms with Crippen LogP contribution in [-0.2, 0) is 4.79 Å². The highest BCUT2D eigenvalue weighted by Gasteiger charge is 2.40. The van der Waals surface area contributed by atoms with Gasteiger partial charge >= 0.3 is 5.97 Å². The molecule has 3 nitrogen and oxygen atoms in total. The van der Waals surface area contributed by atoms with Crippen LogP contribution in [0.25, 0.3) is 0 Å². The van der Waals surface area contributed by atoms with Gasteiger partial charge in [-0.1, -0.05) is 27.7 Å². The van der Waals surface area contributed by atoms with Gasteiger partial charge < -0.3 is 10.0 Å². The van der Waals surface area contributed by atoms with Gasteiger partial charge in [-0.05, 0) is 50.6 Å². The van der Waals surface area contributed by atoms with E-state index in [4.69, 9.17) is 0 Å². The Bertz CT molecular complexity index is 283. The molecule has 1 fully saturated rings. The molecule has 0 aliphatic heterocycles. The molecule has 1 aliphatic carbocycles. The second kappa shape index (κ2) is 6.05. The van der Waals surface area contributed by atoms with Crippen molar-refractivity contribution in [1.29, 1.82) is 0 Å². The van der Waals surface area contributed by atoms with Crippen molar-refractivity contribution >= 4 is 5.97 Å². The Morgan fingerprint density at radius 3 is 2.39 bits per heavy atom. The number of carboxylic acids is 1. The molecule has 1 rings (SSSR count). The van der Waals surface area contributed by atoms with Gasteiger partial charge in [-0.15, -0.1) is 0 Å². The van der Waals surface area contributed by atoms with Gasteiger partial charge in [-0.2, -0.15) is 0 Å². The highest BCUT2D eigenvalue weighted by Crippen LogP contribution is 2.41. The van der Waals surface area contributed by atoms with Gasteiger partial charge in [0.15, 0.2) is 0 Å². The maximum absolute atomic E-state index is 11.4. The van der Waals surface area contributed by atoms with E-state index in [1.807, 2.05) is 0 Å². The smallest absolute Gasteiger partial charge is 0.308 e. The third kappa shape index (κ3) is 3.71. The highest BCUT2D eigenvalue weighted by molar-refractivity contribution is 5.71. The molecular weight excluding hydrogens is 226 g/mol. The fraction of sp³-hybridized carbons (Fsp3) is 0.933. The summed E-state index contributed by atoms with van der Waals surface area (Å²) >= 11 is 0. The number of carboxylic acid groups (broad SMARTS) is 1. The first-order valence-electron chi connectivity index (χ1n) is 7.20. The SMILES string of the molecule is CCCN(C)C1CC(C(C)(C)C)CCC1C(=O)O. The summed E-state index contributed by atoms with van der Waals surface area (Å²) in [5.41, 5.74) is 0.286. The molecule has 1 N–H and O–H groups in total. The van der Waals surface area contributed by atoms with E-state index in [1.54, 1.807) is 0 Å². The molecule has 106 valence electrons. The molecule has 3 atom stereocenters. The van der Waals surface area contributed by atoms with Crippen LogP contribution < -0.4 is 0 Å². The molecule has 3 unspecified atom stereocenters. The third-order valence-corrected chi connectivity index (χ3v) is 4.50. The predicted molar refractivity (Wildman–Crippen MR) is 74.6 cm³/mol. The van der Waals surface area contributed by atoms with Crippen LogP contribution in [0.3, 0.4) is 0 Å². The van der Waals surface area contributed by atoms with E-state index < -0.39 is 5.97 Å². The minimum atomic E-state index is -0.615. The van der Waals surface area contributed by atoms with E-state index in [2.05, 4.69) is 39.6 Å². The van der Waals surface area contributed by atoms with E-state index in [1.165, 1.54) is 0 Å². The zero-order chi connectivity index (χ0) is 13.9. The first-order valence-corrected chi connectivity index (χ1v) is 7.20. The number of hydrogen-bond acceptors (Lipinski definition) is 2. The van der Waals surface area contributed by atoms with Gasteiger partial charge in [0, 0.05) is 6.04 Å². The van der Waals surface area contributed by atoms with Gasteiger partial charge in [0.2, 0.25) is 0 Å². The Kier molecular flexibility index (Phi) is 5.20. The van der Waals surface area contributed by atoms with Crippen molar-refractivity contribution in [2.24, 2.45) is 17.3 Å². The van der Waals surface area contributed by atoms with Crippen LogP contribution in [0.5, 0.6) is 0 Å². The summed E-state index contributed by atoms with van der Waals surface area (Å²) in [7, 11) is 2.08. The third-order valence-electron chi connectivity index (χ3n) is 4.50. The lowest BCUT2D eigenvalue weighted by molar-refractivity contribution is -0.146. The maximum Gasteiger partial charge on any atom is 0.308 e. The first kappa shape index (κ1) is 15.5. The molecule has 1 saturated carbocycles. The lowest BCUT2D eigenvalue weighted by atomic mass is 9.67. The number of nitrogens with zero attached hydrogens (tertiary/aromatic N) is 1. The zero-order valence-electron chi connectivity index (χ0n) is 12.6. The Morgan fingerprint density at radius 2 is 1.94 bits per heavy atom. The molecule has 0 heterocycles. The minimum Gasteiger partial charge on any atom is -0.481 e. The molecule has 1 aliphatic rings. The van der Waals surface area contributed by atoms with Crippen LogP contribution in [0.15, 0.2) is 0 Å². The van der Waals surface area contributed by atoms with Gasteiger partial charge in [-0.3, -0.25) is 4.79 Å². The van der Waals surface area contributed by atoms with Gasteiger partial charge in [0.25, 0.3) is 0 Å². The fourth-order valence-electron chi connectivity index (χ4n) is 3.23. The molecule has 0 amide bonds. The van der Waals surface area contributed by atoms with Crippen molar-refractivity contribution in [3.63, 3.8) is 0 Å². The molecule has 0 spiro atoms. The summed E-state index contributed by atoms with van der Waals surface area (Å²) in [6.45, 7) is 9.96. The molecular formula is C15H29NO2. The van der Waals surface area contributed by atoms with Crippen molar-refractivity contribution < 1.29 is 9.90 Å². The predicted octanol–water partition coefficient (Wildman–Crippen LogP) is 3.24. The summed E-state index contributed by atoms with van der Waals surface area (Å²) in [5.74, 6) is -0.159. The molecule has 0 bridgehead atoms. The van der Waals surface area contributed by atoms with E-state index in [9.17, 15) is 9.90 Å². The monoisotopic (exact) mass is 255 g/mol. The lowest BCUT2D eigenvalue weighted by Crippen LogP contribution is -2.47. The Balaban J connectivity index is 2.79. The van der Waals surface area contributed by atoms with Crippen LogP contribution in [0.4, 0.5) is 0 Å². The van der Waals surface area contributed by atoms with Crippen LogP contribution in [-0.4, -0.2) is 35.6 Å². The van der Waals surface area contributed by atoms with Crippen molar-refractivity contribution in [3.8, 4) is 0 Å². The Labute approximate surface area is 112 Å². The number of aliphatic carboxylic acids is 1. The average molecular weight is 255 g/mol. The standard InChI is InChI=1S/C15H29NO2/c1-6-9-16(5)13-10-11(15(2,3)4)7-8-12(13)14(17)18/h11-13H,6-10H2,1-5H3,(H,17,18). The van der Waals surface area contributed by atoms with Crippen LogP contribution >= 0.6 is 0 Å². The molecule has 0 aromatic rings. The topological polar surface area (TPSA) is 40.5 Å². The van der Waals surface area contributed by atoms with E-state index >= 15 is 0 Å². The fourth-order valence-corrected chi connectivity index (χ4v) is 3.23. The second-order valence-electron chi connectivity index (χ2n) is 6.87. The summed E-state index contributed by atoms with van der Waals surface area (Å²) in [5, 5.41) is 9.39. The quantitative estimate of drug-likeness (QED) is 0.838. The van der Waals surface area contributed by atoms with Gasteiger partial charge in [-0.25, -0.2) is 0 Å². The van der Waals surface area contributed by atoms with Gasteiger partial charge in [0.05, 0.1) is 5.92 Å². The summed E-state index contributed by atoms with van der Waals surface area (Å²) in [4.78, 5) is 13.7. The normalized spacial score (nSPS) is 29.6. The van der Waals surface area contributed by atoms with E-state index in [0.29, 0.717) is 5.92 Å². The van der Waals surface area contributed by atoms with Crippen LogP contribution in [0.1, 0.15) is 53.4 Å². The van der Waals surface area contributed by atoms with Crippen LogP contribution in [0, 0.1) is 17.3 Å². The Morgan fingerprint density at radius 1 is 1.33 bits per heavy atom. The lowest BCUT2D eigenvalue weighted by Gasteiger charge is -2.43. The molecule has 0 radical (unpaired) electrons. The van der Waals surface area contributed by atoms with E-state index in [0.717, 1.165) is 32.2 Å². The van der Waals surface area contributed by atoms with Crippen molar-refractivity contribution in [2.75, 3.05) is 13.6 Å². The minimum absolute atomic E-state index is 0.180. The average Bonchev–Trinajstić information content (AvgIpc) is 2.27. The summed E-state index contributed by atoms with van der Waals surface area (Å²) < 4.78 is 0. The van der Waals surface area contributed by atoms with Crippen molar-refractivity contribution in [2.45, 2.75) is 59.4 Å². The highest BCUT2D eigenvalue weighted by atomic mass is 16.4. The van der Waals surface area contributed by atoms with Crippen molar-refractivity contribution in [1.82, 2.24) is 4.90 Å². The zero-order valence-corrected chi connectivity index (χ0v) is 12.6. The van der Waals surface area contributed by atoms with Crippen molar-refractivity contribution in [3.05, 3.63) is 0 Å². The molecule has 0 aromatic carbocycles. The number of hydrogen-bond donors (Lipinski definition) is 1.